The van der Waals surface area contributed by atoms with Crippen LogP contribution in [0.15, 0.2) is 52.3 Å². The summed E-state index contributed by atoms with van der Waals surface area (Å²) in [5, 5.41) is 2.69. The van der Waals surface area contributed by atoms with E-state index in [4.69, 9.17) is 0 Å². The number of thioether (sulfide) groups is 1. The van der Waals surface area contributed by atoms with E-state index >= 15 is 0 Å². The lowest BCUT2D eigenvalue weighted by Gasteiger charge is -2.18. The van der Waals surface area contributed by atoms with Crippen molar-refractivity contribution in [2.75, 3.05) is 11.6 Å². The lowest BCUT2D eigenvalue weighted by atomic mass is 10.0. The molecule has 26 heavy (non-hydrogen) atoms. The van der Waals surface area contributed by atoms with Crippen LogP contribution in [0.2, 0.25) is 0 Å². The second-order valence-electron chi connectivity index (χ2n) is 6.04. The van der Waals surface area contributed by atoms with Crippen molar-refractivity contribution in [3.8, 4) is 0 Å². The Morgan fingerprint density at radius 2 is 1.81 bits per heavy atom. The van der Waals surface area contributed by atoms with Gasteiger partial charge in [0.15, 0.2) is 0 Å². The third-order valence-corrected chi connectivity index (χ3v) is 6.24. The zero-order valence-electron chi connectivity index (χ0n) is 15.4. The monoisotopic (exact) mass is 392 g/mol. The van der Waals surface area contributed by atoms with Crippen molar-refractivity contribution in [1.29, 1.82) is 0 Å². The summed E-state index contributed by atoms with van der Waals surface area (Å²) in [7, 11) is -3.72. The number of aryl methyl sites for hydroxylation is 1. The summed E-state index contributed by atoms with van der Waals surface area (Å²) in [5.41, 5.74) is 2.54. The second-order valence-corrected chi connectivity index (χ2v) is 8.60. The Hall–Kier alpha value is -1.83. The maximum atomic E-state index is 12.8. The average molecular weight is 393 g/mol. The fourth-order valence-corrected chi connectivity index (χ4v) is 4.45. The van der Waals surface area contributed by atoms with Crippen molar-refractivity contribution in [3.63, 3.8) is 0 Å². The first-order chi connectivity index (χ1) is 12.3. The number of hydrogen-bond acceptors (Lipinski definition) is 4. The van der Waals surface area contributed by atoms with Gasteiger partial charge < -0.3 is 5.32 Å². The van der Waals surface area contributed by atoms with Gasteiger partial charge in [-0.2, -0.15) is 0 Å². The SMILES string of the molecule is CC[C@@H](NS(=O)(=O)c1ccc(SC)c(NC(C)=O)c1)c1ccc(C)cc1. The number of carbonyl (C=O) groups excluding carboxylic acids is 1. The molecule has 140 valence electrons. The van der Waals surface area contributed by atoms with E-state index in [9.17, 15) is 13.2 Å². The number of benzene rings is 2. The molecule has 0 aliphatic carbocycles. The molecule has 2 N–H and O–H groups in total. The third-order valence-electron chi connectivity index (χ3n) is 3.98. The topological polar surface area (TPSA) is 75.3 Å². The van der Waals surface area contributed by atoms with E-state index in [-0.39, 0.29) is 16.8 Å². The summed E-state index contributed by atoms with van der Waals surface area (Å²) in [6.45, 7) is 5.33. The number of amides is 1. The molecule has 0 fully saturated rings. The third kappa shape index (κ3) is 5.09. The van der Waals surface area contributed by atoms with Crippen molar-refractivity contribution >= 4 is 33.4 Å². The van der Waals surface area contributed by atoms with Crippen LogP contribution in [0.25, 0.3) is 0 Å². The van der Waals surface area contributed by atoms with Crippen LogP contribution in [0, 0.1) is 6.92 Å². The maximum absolute atomic E-state index is 12.8. The Bertz CT molecular complexity index is 878. The minimum atomic E-state index is -3.72. The molecule has 1 amide bonds. The molecule has 0 bridgehead atoms. The number of rotatable bonds is 7. The largest absolute Gasteiger partial charge is 0.325 e. The molecule has 5 nitrogen and oxygen atoms in total. The van der Waals surface area contributed by atoms with Gasteiger partial charge in [0.1, 0.15) is 0 Å². The first-order valence-electron chi connectivity index (χ1n) is 8.31. The van der Waals surface area contributed by atoms with Crippen LogP contribution in [0.4, 0.5) is 5.69 Å². The molecule has 7 heteroatoms. The average Bonchev–Trinajstić information content (AvgIpc) is 2.60. The van der Waals surface area contributed by atoms with Gasteiger partial charge in [-0.15, -0.1) is 11.8 Å². The van der Waals surface area contributed by atoms with E-state index < -0.39 is 10.0 Å². The Kier molecular flexibility index (Phi) is 6.86. The fraction of sp³-hybridized carbons (Fsp3) is 0.316. The molecule has 0 spiro atoms. The van der Waals surface area contributed by atoms with E-state index in [1.54, 1.807) is 12.1 Å². The summed E-state index contributed by atoms with van der Waals surface area (Å²) in [6, 6.07) is 12.3. The molecule has 0 aliphatic heterocycles. The van der Waals surface area contributed by atoms with Gasteiger partial charge in [0.2, 0.25) is 15.9 Å². The molecule has 0 aromatic heterocycles. The van der Waals surface area contributed by atoms with Gasteiger partial charge in [0.05, 0.1) is 10.6 Å². The van der Waals surface area contributed by atoms with E-state index in [1.807, 2.05) is 44.4 Å². The zero-order chi connectivity index (χ0) is 19.3. The van der Waals surface area contributed by atoms with Gasteiger partial charge in [-0.1, -0.05) is 36.8 Å². The second kappa shape index (κ2) is 8.70. The van der Waals surface area contributed by atoms with Crippen LogP contribution in [0.3, 0.4) is 0 Å². The number of nitrogens with one attached hydrogen (secondary N) is 2. The minimum absolute atomic E-state index is 0.129. The molecule has 2 aromatic rings. The maximum Gasteiger partial charge on any atom is 0.241 e. The summed E-state index contributed by atoms with van der Waals surface area (Å²) in [6.07, 6.45) is 2.50. The number of anilines is 1. The quantitative estimate of drug-likeness (QED) is 0.696. The molecule has 0 radical (unpaired) electrons. The summed E-state index contributed by atoms with van der Waals surface area (Å²) >= 11 is 1.44. The minimum Gasteiger partial charge on any atom is -0.325 e. The Morgan fingerprint density at radius 3 is 2.35 bits per heavy atom. The molecular formula is C19H24N2O3S2. The predicted molar refractivity (Wildman–Crippen MR) is 107 cm³/mol. The standard InChI is InChI=1S/C19H24N2O3S2/c1-5-17(15-8-6-13(2)7-9-15)21-26(23,24)16-10-11-19(25-4)18(12-16)20-14(3)22/h6-12,17,21H,5H2,1-4H3,(H,20,22)/t17-/m1/s1. The highest BCUT2D eigenvalue weighted by atomic mass is 32.2. The van der Waals surface area contributed by atoms with Crippen molar-refractivity contribution in [2.45, 2.75) is 43.0 Å². The Morgan fingerprint density at radius 1 is 1.15 bits per heavy atom. The molecule has 1 atom stereocenters. The zero-order valence-corrected chi connectivity index (χ0v) is 17.0. The van der Waals surface area contributed by atoms with Gasteiger partial charge >= 0.3 is 0 Å². The Balaban J connectivity index is 2.33. The van der Waals surface area contributed by atoms with Crippen molar-refractivity contribution in [2.24, 2.45) is 0 Å². The molecule has 0 saturated carbocycles. The van der Waals surface area contributed by atoms with Gasteiger partial charge in [-0.25, -0.2) is 13.1 Å². The summed E-state index contributed by atoms with van der Waals surface area (Å²) in [4.78, 5) is 12.3. The summed E-state index contributed by atoms with van der Waals surface area (Å²) < 4.78 is 28.5. The van der Waals surface area contributed by atoms with Crippen LogP contribution in [0.1, 0.15) is 37.4 Å². The number of hydrogen-bond donors (Lipinski definition) is 2. The smallest absolute Gasteiger partial charge is 0.241 e. The van der Waals surface area contributed by atoms with Crippen molar-refractivity contribution < 1.29 is 13.2 Å². The van der Waals surface area contributed by atoms with Gasteiger partial charge in [0, 0.05) is 17.9 Å². The highest BCUT2D eigenvalue weighted by Gasteiger charge is 2.21. The lowest BCUT2D eigenvalue weighted by Crippen LogP contribution is -2.28. The van der Waals surface area contributed by atoms with E-state index in [2.05, 4.69) is 10.0 Å². The first-order valence-corrected chi connectivity index (χ1v) is 11.0. The van der Waals surface area contributed by atoms with Crippen molar-refractivity contribution in [1.82, 2.24) is 4.72 Å². The van der Waals surface area contributed by atoms with E-state index in [0.717, 1.165) is 16.0 Å². The molecule has 0 saturated heterocycles. The molecule has 2 rings (SSSR count). The number of carbonyl (C=O) groups is 1. The highest BCUT2D eigenvalue weighted by molar-refractivity contribution is 7.98. The van der Waals surface area contributed by atoms with Crippen LogP contribution >= 0.6 is 11.8 Å². The van der Waals surface area contributed by atoms with Crippen LogP contribution in [-0.2, 0) is 14.8 Å². The van der Waals surface area contributed by atoms with Crippen LogP contribution in [0.5, 0.6) is 0 Å². The molecule has 0 aliphatic rings. The van der Waals surface area contributed by atoms with Crippen LogP contribution in [-0.4, -0.2) is 20.6 Å². The summed E-state index contributed by atoms with van der Waals surface area (Å²) in [5.74, 6) is -0.242. The van der Waals surface area contributed by atoms with Gasteiger partial charge in [-0.3, -0.25) is 4.79 Å². The van der Waals surface area contributed by atoms with Gasteiger partial charge in [0.25, 0.3) is 0 Å². The van der Waals surface area contributed by atoms with E-state index in [1.165, 1.54) is 24.8 Å². The first kappa shape index (κ1) is 20.5. The predicted octanol–water partition coefficient (Wildman–Crippen LogP) is 4.10. The lowest BCUT2D eigenvalue weighted by molar-refractivity contribution is -0.114. The molecule has 0 unspecified atom stereocenters. The Labute approximate surface area is 159 Å². The van der Waals surface area contributed by atoms with E-state index in [0.29, 0.717) is 12.1 Å². The van der Waals surface area contributed by atoms with Crippen LogP contribution < -0.4 is 10.0 Å². The molecular weight excluding hydrogens is 368 g/mol. The fourth-order valence-electron chi connectivity index (χ4n) is 2.58. The molecule has 0 heterocycles. The number of sulfonamides is 1. The van der Waals surface area contributed by atoms with Gasteiger partial charge in [-0.05, 0) is 43.4 Å². The normalized spacial score (nSPS) is 12.6. The molecule has 2 aromatic carbocycles. The van der Waals surface area contributed by atoms with Crippen molar-refractivity contribution in [3.05, 3.63) is 53.6 Å². The highest BCUT2D eigenvalue weighted by Crippen LogP contribution is 2.29.